The van der Waals surface area contributed by atoms with E-state index in [0.717, 1.165) is 25.7 Å². The molecule has 1 amide bonds. The molecule has 0 spiro atoms. The summed E-state index contributed by atoms with van der Waals surface area (Å²) in [5, 5.41) is 0. The van der Waals surface area contributed by atoms with Gasteiger partial charge in [-0.2, -0.15) is 0 Å². The maximum absolute atomic E-state index is 12.5. The van der Waals surface area contributed by atoms with Gasteiger partial charge in [0.05, 0.1) is 11.5 Å². The number of rotatable bonds is 7. The first-order chi connectivity index (χ1) is 16.0. The van der Waals surface area contributed by atoms with Crippen molar-refractivity contribution in [3.8, 4) is 5.75 Å². The summed E-state index contributed by atoms with van der Waals surface area (Å²) in [7, 11) is 0. The van der Waals surface area contributed by atoms with E-state index in [0.29, 0.717) is 23.4 Å². The Labute approximate surface area is 192 Å². The Morgan fingerprint density at radius 3 is 2.27 bits per heavy atom. The molecule has 1 aliphatic carbocycles. The van der Waals surface area contributed by atoms with Crippen molar-refractivity contribution in [2.24, 2.45) is 5.92 Å². The second-order valence-electron chi connectivity index (χ2n) is 8.55. The highest BCUT2D eigenvalue weighted by Crippen LogP contribution is 2.29. The number of carbonyl (C=O) groups excluding carboxylic acids is 4. The van der Waals surface area contributed by atoms with Gasteiger partial charge in [0.15, 0.2) is 12.4 Å². The summed E-state index contributed by atoms with van der Waals surface area (Å²) in [4.78, 5) is 51.2. The van der Waals surface area contributed by atoms with Crippen LogP contribution in [0, 0.1) is 5.92 Å². The third-order valence-corrected chi connectivity index (χ3v) is 6.25. The van der Waals surface area contributed by atoms with Crippen LogP contribution in [0.3, 0.4) is 0 Å². The molecule has 1 saturated carbocycles. The van der Waals surface area contributed by atoms with Crippen LogP contribution in [0.1, 0.15) is 59.2 Å². The van der Waals surface area contributed by atoms with Crippen LogP contribution in [0.15, 0.2) is 54.6 Å². The normalized spacial score (nSPS) is 18.7. The van der Waals surface area contributed by atoms with Gasteiger partial charge in [-0.1, -0.05) is 37.5 Å². The number of ketones is 1. The van der Waals surface area contributed by atoms with Gasteiger partial charge in [-0.25, -0.2) is 4.79 Å². The molecule has 7 nitrogen and oxygen atoms in total. The van der Waals surface area contributed by atoms with Gasteiger partial charge in [0, 0.05) is 24.6 Å². The quantitative estimate of drug-likeness (QED) is 0.363. The maximum atomic E-state index is 12.5. The summed E-state index contributed by atoms with van der Waals surface area (Å²) < 4.78 is 10.5. The highest BCUT2D eigenvalue weighted by atomic mass is 16.5. The second kappa shape index (κ2) is 10.4. The van der Waals surface area contributed by atoms with E-state index >= 15 is 0 Å². The highest BCUT2D eigenvalue weighted by molar-refractivity contribution is 5.98. The van der Waals surface area contributed by atoms with Crippen LogP contribution in [-0.2, 0) is 14.3 Å². The molecule has 33 heavy (non-hydrogen) atoms. The van der Waals surface area contributed by atoms with Crippen molar-refractivity contribution < 1.29 is 28.7 Å². The van der Waals surface area contributed by atoms with Gasteiger partial charge in [0.1, 0.15) is 5.75 Å². The van der Waals surface area contributed by atoms with E-state index in [1.807, 2.05) is 4.90 Å². The van der Waals surface area contributed by atoms with Gasteiger partial charge in [0.2, 0.25) is 5.91 Å². The van der Waals surface area contributed by atoms with Crippen LogP contribution in [0.5, 0.6) is 5.75 Å². The van der Waals surface area contributed by atoms with Gasteiger partial charge in [-0.3, -0.25) is 14.4 Å². The van der Waals surface area contributed by atoms with Crippen molar-refractivity contribution in [1.29, 1.82) is 0 Å². The molecule has 4 rings (SSSR count). The summed E-state index contributed by atoms with van der Waals surface area (Å²) in [5.41, 5.74) is 0.769. The van der Waals surface area contributed by atoms with Crippen molar-refractivity contribution in [3.05, 3.63) is 65.7 Å². The molecule has 2 fully saturated rings. The molecule has 1 aliphatic heterocycles. The number of esters is 2. The minimum Gasteiger partial charge on any atom is -0.457 e. The molecular formula is C26H27NO6. The summed E-state index contributed by atoms with van der Waals surface area (Å²) in [6, 6.07) is 14.9. The SMILES string of the molecule is O=C(COC(=O)[C@H]1CC(=O)N(C2CCCCC2)C1)c1ccc(OC(=O)c2ccccc2)cc1. The number of nitrogens with zero attached hydrogens (tertiary/aromatic N) is 1. The molecule has 0 bridgehead atoms. The molecular weight excluding hydrogens is 422 g/mol. The fraction of sp³-hybridized carbons (Fsp3) is 0.385. The number of Topliss-reactive ketones (excluding diaryl/α,β-unsaturated/α-hetero) is 1. The fourth-order valence-electron chi connectivity index (χ4n) is 4.42. The lowest BCUT2D eigenvalue weighted by molar-refractivity contribution is -0.147. The van der Waals surface area contributed by atoms with Gasteiger partial charge in [-0.05, 0) is 49.2 Å². The Balaban J connectivity index is 1.26. The Morgan fingerprint density at radius 2 is 1.58 bits per heavy atom. The second-order valence-corrected chi connectivity index (χ2v) is 8.55. The lowest BCUT2D eigenvalue weighted by Gasteiger charge is -2.31. The average molecular weight is 450 g/mol. The van der Waals surface area contributed by atoms with Crippen molar-refractivity contribution in [2.45, 2.75) is 44.6 Å². The van der Waals surface area contributed by atoms with Crippen LogP contribution in [0.2, 0.25) is 0 Å². The first-order valence-corrected chi connectivity index (χ1v) is 11.4. The minimum absolute atomic E-state index is 0.00387. The van der Waals surface area contributed by atoms with Crippen LogP contribution in [0.4, 0.5) is 0 Å². The number of likely N-dealkylation sites (tertiary alicyclic amines) is 1. The van der Waals surface area contributed by atoms with Gasteiger partial charge in [0.25, 0.3) is 0 Å². The number of hydrogen-bond acceptors (Lipinski definition) is 6. The van der Waals surface area contributed by atoms with E-state index in [2.05, 4.69) is 0 Å². The number of hydrogen-bond donors (Lipinski definition) is 0. The molecule has 172 valence electrons. The number of carbonyl (C=O) groups is 4. The highest BCUT2D eigenvalue weighted by Gasteiger charge is 2.39. The lowest BCUT2D eigenvalue weighted by Crippen LogP contribution is -2.38. The summed E-state index contributed by atoms with van der Waals surface area (Å²) in [6.45, 7) is -0.0197. The molecule has 0 aromatic heterocycles. The molecule has 0 unspecified atom stereocenters. The summed E-state index contributed by atoms with van der Waals surface area (Å²) in [6.07, 6.45) is 5.55. The first-order valence-electron chi connectivity index (χ1n) is 11.4. The molecule has 7 heteroatoms. The van der Waals surface area contributed by atoms with E-state index in [4.69, 9.17) is 9.47 Å². The van der Waals surface area contributed by atoms with Crippen LogP contribution >= 0.6 is 0 Å². The third kappa shape index (κ3) is 5.66. The average Bonchev–Trinajstić information content (AvgIpc) is 3.25. The predicted octanol–water partition coefficient (Wildman–Crippen LogP) is 3.81. The van der Waals surface area contributed by atoms with Crippen LogP contribution in [-0.4, -0.2) is 47.7 Å². The minimum atomic E-state index is -0.521. The summed E-state index contributed by atoms with van der Waals surface area (Å²) >= 11 is 0. The smallest absolute Gasteiger partial charge is 0.343 e. The maximum Gasteiger partial charge on any atom is 0.343 e. The zero-order chi connectivity index (χ0) is 23.2. The zero-order valence-corrected chi connectivity index (χ0v) is 18.4. The fourth-order valence-corrected chi connectivity index (χ4v) is 4.42. The topological polar surface area (TPSA) is 90.0 Å². The van der Waals surface area contributed by atoms with Crippen molar-refractivity contribution >= 4 is 23.6 Å². The predicted molar refractivity (Wildman–Crippen MR) is 120 cm³/mol. The van der Waals surface area contributed by atoms with Crippen LogP contribution in [0.25, 0.3) is 0 Å². The monoisotopic (exact) mass is 449 g/mol. The van der Waals surface area contributed by atoms with E-state index in [1.54, 1.807) is 30.3 Å². The molecule has 1 atom stereocenters. The summed E-state index contributed by atoms with van der Waals surface area (Å²) in [5.74, 6) is -1.58. The number of benzene rings is 2. The molecule has 2 aromatic rings. The lowest BCUT2D eigenvalue weighted by atomic mass is 9.94. The zero-order valence-electron chi connectivity index (χ0n) is 18.4. The first kappa shape index (κ1) is 22.7. The largest absolute Gasteiger partial charge is 0.457 e. The molecule has 1 saturated heterocycles. The van der Waals surface area contributed by atoms with Crippen molar-refractivity contribution in [2.75, 3.05) is 13.2 Å². The Morgan fingerprint density at radius 1 is 0.879 bits per heavy atom. The van der Waals surface area contributed by atoms with Gasteiger partial charge >= 0.3 is 11.9 Å². The van der Waals surface area contributed by atoms with Crippen molar-refractivity contribution in [1.82, 2.24) is 4.90 Å². The van der Waals surface area contributed by atoms with E-state index < -0.39 is 24.5 Å². The van der Waals surface area contributed by atoms with Gasteiger partial charge in [-0.15, -0.1) is 0 Å². The van der Waals surface area contributed by atoms with E-state index in [-0.39, 0.29) is 24.2 Å². The van der Waals surface area contributed by atoms with Crippen LogP contribution < -0.4 is 4.74 Å². The Hall–Kier alpha value is -3.48. The Kier molecular flexibility index (Phi) is 7.17. The molecule has 0 N–H and O–H groups in total. The molecule has 1 heterocycles. The van der Waals surface area contributed by atoms with Crippen molar-refractivity contribution in [3.63, 3.8) is 0 Å². The standard InChI is InChI=1S/C26H27NO6/c28-23(18-11-13-22(14-12-18)33-26(31)19-7-3-1-4-8-19)17-32-25(30)20-15-24(29)27(16-20)21-9-5-2-6-10-21/h1,3-4,7-8,11-14,20-21H,2,5-6,9-10,15-17H2/t20-/m0/s1. The van der Waals surface area contributed by atoms with E-state index in [9.17, 15) is 19.2 Å². The number of ether oxygens (including phenoxy) is 2. The molecule has 0 radical (unpaired) electrons. The van der Waals surface area contributed by atoms with Gasteiger partial charge < -0.3 is 14.4 Å². The third-order valence-electron chi connectivity index (χ3n) is 6.25. The molecule has 2 aromatic carbocycles. The molecule has 2 aliphatic rings. The van der Waals surface area contributed by atoms with E-state index in [1.165, 1.54) is 30.7 Å². The number of amides is 1. The Bertz CT molecular complexity index is 1010.